The molecule has 1 N–H and O–H groups in total. The molecule has 0 aliphatic carbocycles. The van der Waals surface area contributed by atoms with Gasteiger partial charge in [0.1, 0.15) is 6.07 Å². The van der Waals surface area contributed by atoms with Gasteiger partial charge >= 0.3 is 0 Å². The number of benzene rings is 1. The average Bonchev–Trinajstić information content (AvgIpc) is 2.37. The van der Waals surface area contributed by atoms with Gasteiger partial charge in [0, 0.05) is 16.7 Å². The van der Waals surface area contributed by atoms with Crippen LogP contribution in [0.15, 0.2) is 34.8 Å². The van der Waals surface area contributed by atoms with Gasteiger partial charge in [0.25, 0.3) is 0 Å². The summed E-state index contributed by atoms with van der Waals surface area (Å²) in [7, 11) is 0. The lowest BCUT2D eigenvalue weighted by Crippen LogP contribution is -2.04. The number of rotatable bonds is 3. The lowest BCUT2D eigenvalue weighted by Gasteiger charge is -2.11. The molecule has 0 atom stereocenters. The van der Waals surface area contributed by atoms with Crippen LogP contribution in [-0.4, -0.2) is 4.98 Å². The first kappa shape index (κ1) is 13.6. The van der Waals surface area contributed by atoms with E-state index in [1.54, 1.807) is 0 Å². The third-order valence-electron chi connectivity index (χ3n) is 2.84. The first-order valence-electron chi connectivity index (χ1n) is 5.97. The molecule has 2 aromatic rings. The van der Waals surface area contributed by atoms with Crippen LogP contribution in [0.2, 0.25) is 0 Å². The standard InChI is InChI=1S/C15H14BrN3/c1-10-7-15(14(8-17)11(2)19-10)18-9-12-3-5-13(16)6-4-12/h3-7H,9H2,1-2H3,(H,18,19). The van der Waals surface area contributed by atoms with Crippen LogP contribution in [0.5, 0.6) is 0 Å². The van der Waals surface area contributed by atoms with Gasteiger partial charge in [-0.2, -0.15) is 5.26 Å². The summed E-state index contributed by atoms with van der Waals surface area (Å²) in [5.41, 5.74) is 4.30. The monoisotopic (exact) mass is 315 g/mol. The highest BCUT2D eigenvalue weighted by Crippen LogP contribution is 2.20. The third kappa shape index (κ3) is 3.33. The van der Waals surface area contributed by atoms with Crippen molar-refractivity contribution in [2.45, 2.75) is 20.4 Å². The summed E-state index contributed by atoms with van der Waals surface area (Å²) in [4.78, 5) is 4.30. The molecular weight excluding hydrogens is 302 g/mol. The molecule has 0 unspecified atom stereocenters. The smallest absolute Gasteiger partial charge is 0.103 e. The molecule has 0 aliphatic heterocycles. The van der Waals surface area contributed by atoms with E-state index in [2.05, 4.69) is 32.3 Å². The SMILES string of the molecule is Cc1cc(NCc2ccc(Br)cc2)c(C#N)c(C)n1. The zero-order valence-electron chi connectivity index (χ0n) is 10.9. The van der Waals surface area contributed by atoms with E-state index in [0.717, 1.165) is 21.5 Å². The molecule has 0 saturated heterocycles. The second-order valence-corrected chi connectivity index (χ2v) is 5.28. The van der Waals surface area contributed by atoms with Crippen LogP contribution in [0.4, 0.5) is 5.69 Å². The second kappa shape index (κ2) is 5.85. The Hall–Kier alpha value is -1.86. The van der Waals surface area contributed by atoms with Crippen molar-refractivity contribution in [3.63, 3.8) is 0 Å². The normalized spacial score (nSPS) is 10.0. The number of nitriles is 1. The van der Waals surface area contributed by atoms with Gasteiger partial charge in [-0.15, -0.1) is 0 Å². The minimum atomic E-state index is 0.614. The number of anilines is 1. The molecule has 2 rings (SSSR count). The van der Waals surface area contributed by atoms with Gasteiger partial charge in [-0.05, 0) is 37.6 Å². The van der Waals surface area contributed by atoms with Crippen LogP contribution >= 0.6 is 15.9 Å². The first-order chi connectivity index (χ1) is 9.10. The van der Waals surface area contributed by atoms with E-state index in [-0.39, 0.29) is 0 Å². The zero-order chi connectivity index (χ0) is 13.8. The summed E-state index contributed by atoms with van der Waals surface area (Å²) in [5, 5.41) is 12.5. The number of halogens is 1. The summed E-state index contributed by atoms with van der Waals surface area (Å²) < 4.78 is 1.06. The van der Waals surface area contributed by atoms with Crippen LogP contribution in [0.1, 0.15) is 22.5 Å². The Kier molecular flexibility index (Phi) is 4.18. The Morgan fingerprint density at radius 2 is 1.95 bits per heavy atom. The number of hydrogen-bond donors (Lipinski definition) is 1. The maximum atomic E-state index is 9.19. The van der Waals surface area contributed by atoms with Crippen LogP contribution in [0.25, 0.3) is 0 Å². The molecule has 0 aliphatic rings. The highest BCUT2D eigenvalue weighted by molar-refractivity contribution is 9.10. The summed E-state index contributed by atoms with van der Waals surface area (Å²) >= 11 is 3.41. The lowest BCUT2D eigenvalue weighted by atomic mass is 10.1. The summed E-state index contributed by atoms with van der Waals surface area (Å²) in [6, 6.07) is 12.2. The minimum Gasteiger partial charge on any atom is -0.380 e. The quantitative estimate of drug-likeness (QED) is 0.933. The highest BCUT2D eigenvalue weighted by Gasteiger charge is 2.07. The topological polar surface area (TPSA) is 48.7 Å². The number of nitrogens with zero attached hydrogens (tertiary/aromatic N) is 2. The lowest BCUT2D eigenvalue weighted by molar-refractivity contribution is 1.08. The van der Waals surface area contributed by atoms with Crippen LogP contribution < -0.4 is 5.32 Å². The number of pyridine rings is 1. The maximum absolute atomic E-state index is 9.19. The third-order valence-corrected chi connectivity index (χ3v) is 3.37. The van der Waals surface area contributed by atoms with Crippen molar-refractivity contribution in [2.24, 2.45) is 0 Å². The Labute approximate surface area is 121 Å². The summed E-state index contributed by atoms with van der Waals surface area (Å²) in [5.74, 6) is 0. The Morgan fingerprint density at radius 3 is 2.58 bits per heavy atom. The first-order valence-corrected chi connectivity index (χ1v) is 6.76. The van der Waals surface area contributed by atoms with Crippen molar-refractivity contribution in [3.05, 3.63) is 57.3 Å². The van der Waals surface area contributed by atoms with Crippen molar-refractivity contribution >= 4 is 21.6 Å². The van der Waals surface area contributed by atoms with Crippen molar-refractivity contribution < 1.29 is 0 Å². The molecule has 0 amide bonds. The van der Waals surface area contributed by atoms with Crippen LogP contribution in [0, 0.1) is 25.2 Å². The molecule has 0 radical (unpaired) electrons. The number of aryl methyl sites for hydroxylation is 2. The van der Waals surface area contributed by atoms with Gasteiger partial charge in [0.2, 0.25) is 0 Å². The van der Waals surface area contributed by atoms with E-state index in [4.69, 9.17) is 0 Å². The minimum absolute atomic E-state index is 0.614. The number of aromatic nitrogens is 1. The fourth-order valence-electron chi connectivity index (χ4n) is 1.91. The molecule has 96 valence electrons. The molecule has 19 heavy (non-hydrogen) atoms. The van der Waals surface area contributed by atoms with Gasteiger partial charge in [-0.25, -0.2) is 0 Å². The van der Waals surface area contributed by atoms with Gasteiger partial charge in [0.05, 0.1) is 16.9 Å². The second-order valence-electron chi connectivity index (χ2n) is 4.36. The molecule has 0 saturated carbocycles. The number of hydrogen-bond acceptors (Lipinski definition) is 3. The predicted octanol–water partition coefficient (Wildman–Crippen LogP) is 3.94. The van der Waals surface area contributed by atoms with Gasteiger partial charge in [-0.3, -0.25) is 4.98 Å². The van der Waals surface area contributed by atoms with Gasteiger partial charge in [-0.1, -0.05) is 28.1 Å². The molecule has 0 bridgehead atoms. The van der Waals surface area contributed by atoms with Gasteiger partial charge < -0.3 is 5.32 Å². The number of nitrogens with one attached hydrogen (secondary N) is 1. The fourth-order valence-corrected chi connectivity index (χ4v) is 2.17. The molecule has 0 fully saturated rings. The Balaban J connectivity index is 2.20. The van der Waals surface area contributed by atoms with Crippen molar-refractivity contribution in [1.29, 1.82) is 5.26 Å². The van der Waals surface area contributed by atoms with E-state index in [9.17, 15) is 5.26 Å². The molecule has 1 aromatic carbocycles. The van der Waals surface area contributed by atoms with Crippen molar-refractivity contribution in [3.8, 4) is 6.07 Å². The molecule has 3 nitrogen and oxygen atoms in total. The van der Waals surface area contributed by atoms with Crippen molar-refractivity contribution in [2.75, 3.05) is 5.32 Å². The van der Waals surface area contributed by atoms with E-state index < -0.39 is 0 Å². The van der Waals surface area contributed by atoms with Crippen LogP contribution in [0.3, 0.4) is 0 Å². The highest BCUT2D eigenvalue weighted by atomic mass is 79.9. The van der Waals surface area contributed by atoms with Crippen molar-refractivity contribution in [1.82, 2.24) is 4.98 Å². The largest absolute Gasteiger partial charge is 0.380 e. The van der Waals surface area contributed by atoms with Crippen LogP contribution in [-0.2, 0) is 6.54 Å². The summed E-state index contributed by atoms with van der Waals surface area (Å²) in [6.45, 7) is 4.47. The average molecular weight is 316 g/mol. The Morgan fingerprint density at radius 1 is 1.26 bits per heavy atom. The van der Waals surface area contributed by atoms with E-state index >= 15 is 0 Å². The molecule has 4 heteroatoms. The fraction of sp³-hybridized carbons (Fsp3) is 0.200. The van der Waals surface area contributed by atoms with Gasteiger partial charge in [0.15, 0.2) is 0 Å². The molecule has 1 heterocycles. The maximum Gasteiger partial charge on any atom is 0.103 e. The molecular formula is C15H14BrN3. The molecule has 0 spiro atoms. The summed E-state index contributed by atoms with van der Waals surface area (Å²) in [6.07, 6.45) is 0. The van der Waals surface area contributed by atoms with E-state index in [1.807, 2.05) is 44.2 Å². The Bertz CT molecular complexity index is 627. The zero-order valence-corrected chi connectivity index (χ0v) is 12.5. The predicted molar refractivity (Wildman–Crippen MR) is 79.9 cm³/mol. The molecule has 1 aromatic heterocycles. The van der Waals surface area contributed by atoms with E-state index in [0.29, 0.717) is 12.1 Å². The van der Waals surface area contributed by atoms with E-state index in [1.165, 1.54) is 5.56 Å².